The summed E-state index contributed by atoms with van der Waals surface area (Å²) >= 11 is 0. The Morgan fingerprint density at radius 1 is 1.41 bits per heavy atom. The molecule has 0 aliphatic heterocycles. The number of aliphatic hydroxyl groups excluding tert-OH is 1. The van der Waals surface area contributed by atoms with Gasteiger partial charge in [0.2, 0.25) is 6.10 Å². The zero-order valence-corrected chi connectivity index (χ0v) is 8.91. The van der Waals surface area contributed by atoms with Crippen molar-refractivity contribution in [2.75, 3.05) is 0 Å². The van der Waals surface area contributed by atoms with E-state index in [9.17, 15) is 5.11 Å². The normalized spacial score (nSPS) is 11.8. The summed E-state index contributed by atoms with van der Waals surface area (Å²) in [6.45, 7) is 0.357. The minimum absolute atomic E-state index is 0.0792. The molecule has 1 heterocycles. The van der Waals surface area contributed by atoms with Crippen molar-refractivity contribution in [3.05, 3.63) is 47.7 Å². The average molecular weight is 230 g/mol. The molecular formula is C12H10N2O3. The van der Waals surface area contributed by atoms with Crippen LogP contribution in [0.25, 0.3) is 0 Å². The lowest BCUT2D eigenvalue weighted by atomic mass is 10.2. The second-order valence-corrected chi connectivity index (χ2v) is 3.37. The third kappa shape index (κ3) is 2.83. The molecule has 0 saturated carbocycles. The van der Waals surface area contributed by atoms with Crippen LogP contribution in [0.5, 0.6) is 5.88 Å². The second-order valence-electron chi connectivity index (χ2n) is 3.37. The van der Waals surface area contributed by atoms with Crippen LogP contribution < -0.4 is 4.74 Å². The summed E-state index contributed by atoms with van der Waals surface area (Å²) in [6, 6.07) is 12.6. The molecule has 1 atom stereocenters. The predicted octanol–water partition coefficient (Wildman–Crippen LogP) is 1.81. The molecule has 1 N–H and O–H groups in total. The van der Waals surface area contributed by atoms with Crippen LogP contribution in [0, 0.1) is 11.3 Å². The zero-order chi connectivity index (χ0) is 12.1. The van der Waals surface area contributed by atoms with Crippen molar-refractivity contribution >= 4 is 0 Å². The first kappa shape index (κ1) is 11.2. The lowest BCUT2D eigenvalue weighted by Gasteiger charge is -2.00. The third-order valence-corrected chi connectivity index (χ3v) is 2.13. The minimum atomic E-state index is -1.31. The van der Waals surface area contributed by atoms with Crippen LogP contribution in [0.4, 0.5) is 0 Å². The molecule has 0 spiro atoms. The highest BCUT2D eigenvalue weighted by Gasteiger charge is 2.13. The molecule has 0 amide bonds. The Morgan fingerprint density at radius 3 is 2.88 bits per heavy atom. The summed E-state index contributed by atoms with van der Waals surface area (Å²) in [4.78, 5) is 0. The SMILES string of the molecule is N#CC(O)c1cc(OCc2ccccc2)no1. The summed E-state index contributed by atoms with van der Waals surface area (Å²) in [5, 5.41) is 21.2. The van der Waals surface area contributed by atoms with Gasteiger partial charge in [0.1, 0.15) is 12.7 Å². The van der Waals surface area contributed by atoms with Crippen molar-refractivity contribution in [2.45, 2.75) is 12.7 Å². The molecule has 2 aromatic rings. The fraction of sp³-hybridized carbons (Fsp3) is 0.167. The van der Waals surface area contributed by atoms with Gasteiger partial charge in [-0.1, -0.05) is 30.3 Å². The fourth-order valence-electron chi connectivity index (χ4n) is 1.26. The Labute approximate surface area is 97.8 Å². The number of hydrogen-bond donors (Lipinski definition) is 1. The van der Waals surface area contributed by atoms with Gasteiger partial charge in [0.15, 0.2) is 5.76 Å². The largest absolute Gasteiger partial charge is 0.471 e. The summed E-state index contributed by atoms with van der Waals surface area (Å²) in [5.74, 6) is 0.328. The maximum atomic E-state index is 9.18. The summed E-state index contributed by atoms with van der Waals surface area (Å²) < 4.78 is 10.1. The van der Waals surface area contributed by atoms with Crippen LogP contribution in [-0.2, 0) is 6.61 Å². The summed E-state index contributed by atoms with van der Waals surface area (Å²) in [5.41, 5.74) is 0.998. The smallest absolute Gasteiger partial charge is 0.254 e. The Bertz CT molecular complexity index is 516. The molecule has 1 unspecified atom stereocenters. The van der Waals surface area contributed by atoms with Gasteiger partial charge in [-0.25, -0.2) is 0 Å². The van der Waals surface area contributed by atoms with Crippen LogP contribution in [0.2, 0.25) is 0 Å². The van der Waals surface area contributed by atoms with Gasteiger partial charge in [-0.2, -0.15) is 5.26 Å². The number of rotatable bonds is 4. The maximum absolute atomic E-state index is 9.18. The van der Waals surface area contributed by atoms with E-state index in [1.54, 1.807) is 6.07 Å². The van der Waals surface area contributed by atoms with Gasteiger partial charge in [0.25, 0.3) is 5.88 Å². The quantitative estimate of drug-likeness (QED) is 0.810. The van der Waals surface area contributed by atoms with E-state index in [4.69, 9.17) is 14.5 Å². The first-order valence-corrected chi connectivity index (χ1v) is 5.00. The monoisotopic (exact) mass is 230 g/mol. The average Bonchev–Trinajstić information content (AvgIpc) is 2.85. The van der Waals surface area contributed by atoms with Crippen LogP contribution in [0.15, 0.2) is 40.9 Å². The molecule has 1 aromatic carbocycles. The van der Waals surface area contributed by atoms with Crippen molar-refractivity contribution in [3.8, 4) is 11.9 Å². The molecule has 17 heavy (non-hydrogen) atoms. The molecule has 1 aromatic heterocycles. The van der Waals surface area contributed by atoms with E-state index < -0.39 is 6.10 Å². The van der Waals surface area contributed by atoms with Crippen molar-refractivity contribution in [3.63, 3.8) is 0 Å². The zero-order valence-electron chi connectivity index (χ0n) is 8.91. The topological polar surface area (TPSA) is 79.3 Å². The number of aromatic nitrogens is 1. The molecule has 0 saturated heterocycles. The Hall–Kier alpha value is -2.32. The van der Waals surface area contributed by atoms with Crippen molar-refractivity contribution < 1.29 is 14.4 Å². The molecule has 86 valence electrons. The molecule has 0 fully saturated rings. The van der Waals surface area contributed by atoms with Gasteiger partial charge in [-0.15, -0.1) is 0 Å². The van der Waals surface area contributed by atoms with Crippen molar-refractivity contribution in [1.29, 1.82) is 5.26 Å². The fourth-order valence-corrected chi connectivity index (χ4v) is 1.26. The van der Waals surface area contributed by atoms with E-state index in [1.807, 2.05) is 30.3 Å². The highest BCUT2D eigenvalue weighted by molar-refractivity contribution is 5.18. The van der Waals surface area contributed by atoms with E-state index in [2.05, 4.69) is 5.16 Å². The van der Waals surface area contributed by atoms with Crippen LogP contribution in [0.1, 0.15) is 17.4 Å². The van der Waals surface area contributed by atoms with Crippen molar-refractivity contribution in [1.82, 2.24) is 5.16 Å². The van der Waals surface area contributed by atoms with Gasteiger partial charge in [-0.05, 0) is 10.7 Å². The molecule has 0 bridgehead atoms. The number of hydrogen-bond acceptors (Lipinski definition) is 5. The molecule has 2 rings (SSSR count). The molecule has 5 nitrogen and oxygen atoms in total. The van der Waals surface area contributed by atoms with Gasteiger partial charge >= 0.3 is 0 Å². The van der Waals surface area contributed by atoms with E-state index in [-0.39, 0.29) is 11.6 Å². The van der Waals surface area contributed by atoms with Crippen molar-refractivity contribution in [2.24, 2.45) is 0 Å². The lowest BCUT2D eigenvalue weighted by molar-refractivity contribution is 0.186. The molecule has 0 radical (unpaired) electrons. The third-order valence-electron chi connectivity index (χ3n) is 2.13. The van der Waals surface area contributed by atoms with E-state index in [1.165, 1.54) is 6.07 Å². The van der Waals surface area contributed by atoms with E-state index >= 15 is 0 Å². The van der Waals surface area contributed by atoms with Gasteiger partial charge in [0, 0.05) is 6.07 Å². The number of nitrogens with zero attached hydrogens (tertiary/aromatic N) is 2. The maximum Gasteiger partial charge on any atom is 0.254 e. The molecule has 5 heteroatoms. The Morgan fingerprint density at radius 2 is 2.18 bits per heavy atom. The lowest BCUT2D eigenvalue weighted by Crippen LogP contribution is -1.94. The van der Waals surface area contributed by atoms with Gasteiger partial charge in [-0.3, -0.25) is 0 Å². The van der Waals surface area contributed by atoms with Gasteiger partial charge in [0.05, 0.1) is 0 Å². The Balaban J connectivity index is 1.96. The van der Waals surface area contributed by atoms with Crippen LogP contribution in [-0.4, -0.2) is 10.3 Å². The molecular weight excluding hydrogens is 220 g/mol. The second kappa shape index (κ2) is 5.14. The highest BCUT2D eigenvalue weighted by atomic mass is 16.5. The first-order valence-electron chi connectivity index (χ1n) is 5.00. The minimum Gasteiger partial charge on any atom is -0.471 e. The first-order chi connectivity index (χ1) is 8.29. The van der Waals surface area contributed by atoms with Crippen LogP contribution in [0.3, 0.4) is 0 Å². The predicted molar refractivity (Wildman–Crippen MR) is 57.8 cm³/mol. The van der Waals surface area contributed by atoms with Gasteiger partial charge < -0.3 is 14.4 Å². The standard InChI is InChI=1S/C12H10N2O3/c13-7-10(15)11-6-12(14-17-11)16-8-9-4-2-1-3-5-9/h1-6,10,15H,8H2. The number of benzene rings is 1. The molecule has 0 aliphatic carbocycles. The number of nitriles is 1. The van der Waals surface area contributed by atoms with Crippen LogP contribution >= 0.6 is 0 Å². The number of aliphatic hydroxyl groups is 1. The van der Waals surface area contributed by atoms with E-state index in [0.717, 1.165) is 5.56 Å². The summed E-state index contributed by atoms with van der Waals surface area (Å²) in [6.07, 6.45) is -1.31. The molecule has 0 aliphatic rings. The number of ether oxygens (including phenoxy) is 1. The van der Waals surface area contributed by atoms with E-state index in [0.29, 0.717) is 6.61 Å². The highest BCUT2D eigenvalue weighted by Crippen LogP contribution is 2.18. The summed E-state index contributed by atoms with van der Waals surface area (Å²) in [7, 11) is 0. The Kier molecular flexibility index (Phi) is 3.38.